The van der Waals surface area contributed by atoms with Gasteiger partial charge in [-0.15, -0.1) is 0 Å². The van der Waals surface area contributed by atoms with Gasteiger partial charge in [-0.1, -0.05) is 54.1 Å². The summed E-state index contributed by atoms with van der Waals surface area (Å²) in [5.74, 6) is -0.425. The van der Waals surface area contributed by atoms with Gasteiger partial charge in [0.1, 0.15) is 0 Å². The number of hydrogen-bond acceptors (Lipinski definition) is 3. The average molecular weight is 306 g/mol. The van der Waals surface area contributed by atoms with Gasteiger partial charge in [0.15, 0.2) is 5.69 Å². The van der Waals surface area contributed by atoms with Crippen molar-refractivity contribution >= 4 is 5.97 Å². The largest absolute Gasteiger partial charge is 0.464 e. The van der Waals surface area contributed by atoms with Crippen LogP contribution in [0.2, 0.25) is 0 Å². The quantitative estimate of drug-likeness (QED) is 0.690. The van der Waals surface area contributed by atoms with E-state index in [4.69, 9.17) is 4.74 Å². The first-order valence-corrected chi connectivity index (χ1v) is 7.44. The number of aryl methyl sites for hydroxylation is 1. The molecule has 4 nitrogen and oxygen atoms in total. The third-order valence-electron chi connectivity index (χ3n) is 3.66. The Morgan fingerprint density at radius 2 is 1.87 bits per heavy atom. The molecule has 0 bridgehead atoms. The second-order valence-electron chi connectivity index (χ2n) is 5.42. The van der Waals surface area contributed by atoms with Crippen molar-refractivity contribution in [2.24, 2.45) is 0 Å². The maximum Gasteiger partial charge on any atom is 0.358 e. The van der Waals surface area contributed by atoms with Crippen LogP contribution in [0.25, 0.3) is 11.3 Å². The fraction of sp³-hybridized carbons (Fsp3) is 0.158. The standard InChI is InChI=1S/C19H18N2O2/c1-14-7-6-10-16(11-14)18-12-17(19(22)23-2)20-21(18)13-15-8-4-3-5-9-15/h3-12H,13H2,1-2H3. The summed E-state index contributed by atoms with van der Waals surface area (Å²) in [6.07, 6.45) is 0. The number of carbonyl (C=O) groups excluding carboxylic acids is 1. The van der Waals surface area contributed by atoms with E-state index in [1.165, 1.54) is 7.11 Å². The number of esters is 1. The van der Waals surface area contributed by atoms with Crippen LogP contribution >= 0.6 is 0 Å². The lowest BCUT2D eigenvalue weighted by atomic mass is 10.1. The van der Waals surface area contributed by atoms with Gasteiger partial charge in [-0.3, -0.25) is 4.68 Å². The fourth-order valence-corrected chi connectivity index (χ4v) is 2.53. The van der Waals surface area contributed by atoms with Crippen LogP contribution in [0, 0.1) is 6.92 Å². The van der Waals surface area contributed by atoms with Crippen LogP contribution in [0.15, 0.2) is 60.7 Å². The summed E-state index contributed by atoms with van der Waals surface area (Å²) in [6.45, 7) is 2.64. The van der Waals surface area contributed by atoms with Crippen LogP contribution in [-0.2, 0) is 11.3 Å². The van der Waals surface area contributed by atoms with Crippen molar-refractivity contribution in [2.75, 3.05) is 7.11 Å². The number of nitrogens with zero attached hydrogens (tertiary/aromatic N) is 2. The zero-order valence-corrected chi connectivity index (χ0v) is 13.2. The van der Waals surface area contributed by atoms with Crippen LogP contribution < -0.4 is 0 Å². The summed E-state index contributed by atoms with van der Waals surface area (Å²) in [6, 6.07) is 20.0. The predicted octanol–water partition coefficient (Wildman–Crippen LogP) is 3.69. The van der Waals surface area contributed by atoms with Gasteiger partial charge in [-0.2, -0.15) is 5.10 Å². The van der Waals surface area contributed by atoms with Crippen molar-refractivity contribution in [3.8, 4) is 11.3 Å². The van der Waals surface area contributed by atoms with E-state index < -0.39 is 5.97 Å². The summed E-state index contributed by atoms with van der Waals surface area (Å²) >= 11 is 0. The summed E-state index contributed by atoms with van der Waals surface area (Å²) in [7, 11) is 1.37. The molecule has 116 valence electrons. The maximum atomic E-state index is 11.8. The van der Waals surface area contributed by atoms with Gasteiger partial charge in [0.2, 0.25) is 0 Å². The first-order valence-electron chi connectivity index (χ1n) is 7.44. The predicted molar refractivity (Wildman–Crippen MR) is 89.3 cm³/mol. The highest BCUT2D eigenvalue weighted by Crippen LogP contribution is 2.23. The van der Waals surface area contributed by atoms with E-state index >= 15 is 0 Å². The molecule has 0 saturated carbocycles. The van der Waals surface area contributed by atoms with Crippen molar-refractivity contribution in [3.63, 3.8) is 0 Å². The number of ether oxygens (including phenoxy) is 1. The van der Waals surface area contributed by atoms with Crippen LogP contribution in [0.3, 0.4) is 0 Å². The van der Waals surface area contributed by atoms with Gasteiger partial charge in [-0.25, -0.2) is 4.79 Å². The highest BCUT2D eigenvalue weighted by atomic mass is 16.5. The van der Waals surface area contributed by atoms with Gasteiger partial charge < -0.3 is 4.74 Å². The van der Waals surface area contributed by atoms with Crippen molar-refractivity contribution in [1.82, 2.24) is 9.78 Å². The smallest absolute Gasteiger partial charge is 0.358 e. The molecule has 0 unspecified atom stereocenters. The number of carbonyl (C=O) groups is 1. The molecule has 0 aliphatic rings. The molecule has 0 amide bonds. The molecule has 1 aromatic heterocycles. The number of aromatic nitrogens is 2. The minimum atomic E-state index is -0.425. The Hall–Kier alpha value is -2.88. The molecule has 1 heterocycles. The zero-order valence-electron chi connectivity index (χ0n) is 13.2. The van der Waals surface area contributed by atoms with Crippen molar-refractivity contribution in [1.29, 1.82) is 0 Å². The van der Waals surface area contributed by atoms with Gasteiger partial charge in [0, 0.05) is 5.56 Å². The Morgan fingerprint density at radius 3 is 2.57 bits per heavy atom. The third-order valence-corrected chi connectivity index (χ3v) is 3.66. The van der Waals surface area contributed by atoms with Crippen molar-refractivity contribution in [3.05, 3.63) is 77.5 Å². The highest BCUT2D eigenvalue weighted by Gasteiger charge is 2.16. The Labute approximate surface area is 135 Å². The molecule has 0 saturated heterocycles. The molecule has 0 atom stereocenters. The zero-order chi connectivity index (χ0) is 16.2. The lowest BCUT2D eigenvalue weighted by Crippen LogP contribution is -2.07. The average Bonchev–Trinajstić information content (AvgIpc) is 2.99. The second-order valence-corrected chi connectivity index (χ2v) is 5.42. The lowest BCUT2D eigenvalue weighted by molar-refractivity contribution is 0.0593. The summed E-state index contributed by atoms with van der Waals surface area (Å²) < 4.78 is 6.64. The first kappa shape index (κ1) is 15.0. The Kier molecular flexibility index (Phi) is 4.24. The van der Waals surface area contributed by atoms with E-state index in [0.29, 0.717) is 12.2 Å². The number of rotatable bonds is 4. The molecule has 23 heavy (non-hydrogen) atoms. The van der Waals surface area contributed by atoms with Gasteiger partial charge in [-0.05, 0) is 24.6 Å². The number of hydrogen-bond donors (Lipinski definition) is 0. The molecule has 0 radical (unpaired) electrons. The molecule has 0 aliphatic carbocycles. The summed E-state index contributed by atoms with van der Waals surface area (Å²) in [5.41, 5.74) is 4.54. The van der Waals surface area contributed by atoms with Crippen LogP contribution in [0.5, 0.6) is 0 Å². The van der Waals surface area contributed by atoms with Crippen molar-refractivity contribution < 1.29 is 9.53 Å². The van der Waals surface area contributed by atoms with Crippen molar-refractivity contribution in [2.45, 2.75) is 13.5 Å². The van der Waals surface area contributed by atoms with Gasteiger partial charge >= 0.3 is 5.97 Å². The monoisotopic (exact) mass is 306 g/mol. The topological polar surface area (TPSA) is 44.1 Å². The fourth-order valence-electron chi connectivity index (χ4n) is 2.53. The summed E-state index contributed by atoms with van der Waals surface area (Å²) in [5, 5.41) is 4.42. The molecule has 3 rings (SSSR count). The van der Waals surface area contributed by atoms with E-state index in [2.05, 4.69) is 11.2 Å². The number of benzene rings is 2. The maximum absolute atomic E-state index is 11.8. The molecular formula is C19H18N2O2. The number of methoxy groups -OCH3 is 1. The molecule has 0 aliphatic heterocycles. The molecular weight excluding hydrogens is 288 g/mol. The van der Waals surface area contributed by atoms with E-state index in [1.54, 1.807) is 6.07 Å². The van der Waals surface area contributed by atoms with Gasteiger partial charge in [0.05, 0.1) is 19.3 Å². The van der Waals surface area contributed by atoms with E-state index in [1.807, 2.05) is 60.1 Å². The van der Waals surface area contributed by atoms with Crippen LogP contribution in [-0.4, -0.2) is 22.9 Å². The third kappa shape index (κ3) is 3.31. The molecule has 0 fully saturated rings. The first-order chi connectivity index (χ1) is 11.2. The Bertz CT molecular complexity index is 822. The highest BCUT2D eigenvalue weighted by molar-refractivity contribution is 5.88. The normalized spacial score (nSPS) is 10.5. The molecule has 4 heteroatoms. The Morgan fingerprint density at radius 1 is 1.09 bits per heavy atom. The molecule has 0 N–H and O–H groups in total. The van der Waals surface area contributed by atoms with Gasteiger partial charge in [0.25, 0.3) is 0 Å². The SMILES string of the molecule is COC(=O)c1cc(-c2cccc(C)c2)n(Cc2ccccc2)n1. The molecule has 2 aromatic carbocycles. The molecule has 0 spiro atoms. The molecule has 3 aromatic rings. The summed E-state index contributed by atoms with van der Waals surface area (Å²) in [4.78, 5) is 11.8. The van der Waals surface area contributed by atoms with E-state index in [0.717, 1.165) is 22.4 Å². The van der Waals surface area contributed by atoms with E-state index in [9.17, 15) is 4.79 Å². The minimum Gasteiger partial charge on any atom is -0.464 e. The Balaban J connectivity index is 2.05. The van der Waals surface area contributed by atoms with Crippen LogP contribution in [0.1, 0.15) is 21.6 Å². The van der Waals surface area contributed by atoms with Crippen LogP contribution in [0.4, 0.5) is 0 Å². The van der Waals surface area contributed by atoms with E-state index in [-0.39, 0.29) is 0 Å². The lowest BCUT2D eigenvalue weighted by Gasteiger charge is -2.08. The minimum absolute atomic E-state index is 0.319. The second kappa shape index (κ2) is 6.48.